The van der Waals surface area contributed by atoms with Gasteiger partial charge in [0.05, 0.1) is 4.47 Å². The van der Waals surface area contributed by atoms with Crippen LogP contribution >= 0.6 is 15.9 Å². The van der Waals surface area contributed by atoms with Gasteiger partial charge in [-0.05, 0) is 28.1 Å². The summed E-state index contributed by atoms with van der Waals surface area (Å²) in [6.45, 7) is 0. The molecular weight excluding hydrogens is 337 g/mol. The van der Waals surface area contributed by atoms with Gasteiger partial charge < -0.3 is 4.74 Å². The normalized spacial score (nSPS) is 10.6. The van der Waals surface area contributed by atoms with Crippen LogP contribution in [0, 0.1) is 29.3 Å². The second-order valence-electron chi connectivity index (χ2n) is 3.33. The molecule has 0 aliphatic heterocycles. The Morgan fingerprint density at radius 2 is 1.53 bits per heavy atom. The molecule has 2 nitrogen and oxygen atoms in total. The topological polar surface area (TPSA) is 22.1 Å². The van der Waals surface area contributed by atoms with Gasteiger partial charge in [0.1, 0.15) is 11.6 Å². The van der Waals surface area contributed by atoms with E-state index in [1.54, 1.807) is 0 Å². The number of aromatic nitrogens is 1. The maximum atomic E-state index is 13.3. The summed E-state index contributed by atoms with van der Waals surface area (Å²) in [7, 11) is 0. The van der Waals surface area contributed by atoms with Gasteiger partial charge in [0.15, 0.2) is 0 Å². The second-order valence-corrected chi connectivity index (χ2v) is 4.18. The summed E-state index contributed by atoms with van der Waals surface area (Å²) in [6.07, 6.45) is 0. The van der Waals surface area contributed by atoms with Crippen molar-refractivity contribution in [3.63, 3.8) is 0 Å². The van der Waals surface area contributed by atoms with E-state index in [0.29, 0.717) is 0 Å². The third kappa shape index (κ3) is 2.67. The molecule has 8 heteroatoms. The van der Waals surface area contributed by atoms with Gasteiger partial charge in [-0.1, -0.05) is 0 Å². The first kappa shape index (κ1) is 13.7. The summed E-state index contributed by atoms with van der Waals surface area (Å²) in [6, 6.07) is 3.05. The molecule has 1 aromatic heterocycles. The lowest BCUT2D eigenvalue weighted by atomic mass is 10.3. The van der Waals surface area contributed by atoms with Crippen LogP contribution in [0.4, 0.5) is 22.0 Å². The summed E-state index contributed by atoms with van der Waals surface area (Å²) in [5.74, 6) is -9.78. The number of halogens is 6. The Kier molecular flexibility index (Phi) is 3.70. The number of rotatable bonds is 2. The SMILES string of the molecule is Fc1ccc(Br)c(Oc2c(F)c(F)nc(F)c2F)c1. The Balaban J connectivity index is 2.52. The molecule has 0 atom stereocenters. The molecule has 0 fully saturated rings. The summed E-state index contributed by atoms with van der Waals surface area (Å²) >= 11 is 2.93. The van der Waals surface area contributed by atoms with Gasteiger partial charge >= 0.3 is 0 Å². The lowest BCUT2D eigenvalue weighted by Crippen LogP contribution is -2.03. The van der Waals surface area contributed by atoms with Crippen LogP contribution in [-0.2, 0) is 0 Å². The van der Waals surface area contributed by atoms with Crippen LogP contribution in [0.2, 0.25) is 0 Å². The van der Waals surface area contributed by atoms with E-state index in [-0.39, 0.29) is 10.2 Å². The zero-order valence-electron chi connectivity index (χ0n) is 8.86. The Bertz CT molecular complexity index is 623. The van der Waals surface area contributed by atoms with Crippen LogP contribution in [0.1, 0.15) is 0 Å². The predicted octanol–water partition coefficient (Wildman–Crippen LogP) is 4.33. The van der Waals surface area contributed by atoms with Crippen LogP contribution in [0.3, 0.4) is 0 Å². The number of pyridine rings is 1. The van der Waals surface area contributed by atoms with Crippen LogP contribution in [0.25, 0.3) is 0 Å². The minimum absolute atomic E-state index is 0.144. The fourth-order valence-corrected chi connectivity index (χ4v) is 1.55. The molecule has 0 saturated carbocycles. The van der Waals surface area contributed by atoms with E-state index >= 15 is 0 Å². The van der Waals surface area contributed by atoms with Crippen molar-refractivity contribution in [3.05, 3.63) is 52.0 Å². The standard InChI is InChI=1S/C11H3BrF5NO/c12-5-2-1-4(13)3-6(5)19-9-7(14)10(16)18-11(17)8(9)15/h1-3H. The highest BCUT2D eigenvalue weighted by molar-refractivity contribution is 9.10. The number of nitrogens with zero attached hydrogens (tertiary/aromatic N) is 1. The minimum Gasteiger partial charge on any atom is -0.450 e. The van der Waals surface area contributed by atoms with Gasteiger partial charge in [0.2, 0.25) is 17.4 Å². The Morgan fingerprint density at radius 1 is 0.947 bits per heavy atom. The van der Waals surface area contributed by atoms with Gasteiger partial charge in [0, 0.05) is 6.07 Å². The Labute approximate surface area is 112 Å². The lowest BCUT2D eigenvalue weighted by molar-refractivity contribution is 0.341. The van der Waals surface area contributed by atoms with E-state index in [0.717, 1.165) is 12.1 Å². The molecule has 0 saturated heterocycles. The van der Waals surface area contributed by atoms with Crippen molar-refractivity contribution in [2.45, 2.75) is 0 Å². The van der Waals surface area contributed by atoms with Crippen molar-refractivity contribution in [3.8, 4) is 11.5 Å². The van der Waals surface area contributed by atoms with Gasteiger partial charge in [-0.15, -0.1) is 0 Å². The van der Waals surface area contributed by atoms with Crippen molar-refractivity contribution in [1.29, 1.82) is 0 Å². The van der Waals surface area contributed by atoms with Crippen molar-refractivity contribution in [2.75, 3.05) is 0 Å². The first-order valence-corrected chi connectivity index (χ1v) is 5.52. The smallest absolute Gasteiger partial charge is 0.255 e. The van der Waals surface area contributed by atoms with E-state index in [2.05, 4.69) is 25.7 Å². The van der Waals surface area contributed by atoms with Gasteiger partial charge in [0.25, 0.3) is 11.9 Å². The van der Waals surface area contributed by atoms with Gasteiger partial charge in [-0.25, -0.2) is 4.39 Å². The molecular formula is C11H3BrF5NO. The van der Waals surface area contributed by atoms with Crippen LogP contribution in [-0.4, -0.2) is 4.98 Å². The molecule has 2 aromatic rings. The zero-order chi connectivity index (χ0) is 14.2. The predicted molar refractivity (Wildman–Crippen MR) is 58.2 cm³/mol. The van der Waals surface area contributed by atoms with E-state index in [1.807, 2.05) is 0 Å². The Hall–Kier alpha value is -1.70. The van der Waals surface area contributed by atoms with Crippen LogP contribution in [0.15, 0.2) is 22.7 Å². The average molecular weight is 340 g/mol. The fourth-order valence-electron chi connectivity index (χ4n) is 1.22. The second kappa shape index (κ2) is 5.12. The van der Waals surface area contributed by atoms with E-state index in [9.17, 15) is 22.0 Å². The molecule has 0 unspecified atom stereocenters. The quantitative estimate of drug-likeness (QED) is 0.600. The molecule has 0 amide bonds. The van der Waals surface area contributed by atoms with Crippen molar-refractivity contribution in [1.82, 2.24) is 4.98 Å². The van der Waals surface area contributed by atoms with E-state index in [1.165, 1.54) is 6.07 Å². The Morgan fingerprint density at radius 3 is 2.11 bits per heavy atom. The highest BCUT2D eigenvalue weighted by atomic mass is 79.9. The largest absolute Gasteiger partial charge is 0.450 e. The molecule has 100 valence electrons. The highest BCUT2D eigenvalue weighted by Crippen LogP contribution is 2.34. The summed E-state index contributed by atoms with van der Waals surface area (Å²) in [5, 5.41) is 0. The summed E-state index contributed by atoms with van der Waals surface area (Å²) in [5.41, 5.74) is 0. The maximum absolute atomic E-state index is 13.3. The van der Waals surface area contributed by atoms with Crippen molar-refractivity contribution in [2.24, 2.45) is 0 Å². The van der Waals surface area contributed by atoms with Gasteiger partial charge in [-0.3, -0.25) is 0 Å². The van der Waals surface area contributed by atoms with Gasteiger partial charge in [-0.2, -0.15) is 22.5 Å². The molecule has 0 radical (unpaired) electrons. The highest BCUT2D eigenvalue weighted by Gasteiger charge is 2.23. The number of ether oxygens (including phenoxy) is 1. The third-order valence-corrected chi connectivity index (χ3v) is 2.72. The number of hydrogen-bond donors (Lipinski definition) is 0. The molecule has 0 N–H and O–H groups in total. The molecule has 0 bridgehead atoms. The van der Waals surface area contributed by atoms with Crippen molar-refractivity contribution < 1.29 is 26.7 Å². The average Bonchev–Trinajstić information content (AvgIpc) is 2.36. The molecule has 1 aromatic carbocycles. The molecule has 1 heterocycles. The number of benzene rings is 1. The molecule has 2 rings (SSSR count). The fraction of sp³-hybridized carbons (Fsp3) is 0. The first-order valence-electron chi connectivity index (χ1n) is 4.73. The molecule has 0 aliphatic rings. The lowest BCUT2D eigenvalue weighted by Gasteiger charge is -2.09. The van der Waals surface area contributed by atoms with Crippen molar-refractivity contribution >= 4 is 15.9 Å². The summed E-state index contributed by atoms with van der Waals surface area (Å²) in [4.78, 5) is 2.37. The third-order valence-electron chi connectivity index (χ3n) is 2.06. The summed E-state index contributed by atoms with van der Waals surface area (Å²) < 4.78 is 70.0. The molecule has 0 spiro atoms. The molecule has 19 heavy (non-hydrogen) atoms. The molecule has 0 aliphatic carbocycles. The van der Waals surface area contributed by atoms with Crippen LogP contribution < -0.4 is 4.74 Å². The zero-order valence-corrected chi connectivity index (χ0v) is 10.4. The van der Waals surface area contributed by atoms with E-state index in [4.69, 9.17) is 0 Å². The number of hydrogen-bond acceptors (Lipinski definition) is 2. The van der Waals surface area contributed by atoms with E-state index < -0.39 is 35.1 Å². The first-order chi connectivity index (χ1) is 8.90. The monoisotopic (exact) mass is 339 g/mol. The maximum Gasteiger partial charge on any atom is 0.255 e. The minimum atomic E-state index is -1.86. The van der Waals surface area contributed by atoms with Crippen LogP contribution in [0.5, 0.6) is 11.5 Å².